The molecule has 0 fully saturated rings. The number of ether oxygens (including phenoxy) is 2. The van der Waals surface area contributed by atoms with Gasteiger partial charge in [0.05, 0.1) is 38.3 Å². The van der Waals surface area contributed by atoms with Crippen molar-refractivity contribution in [3.8, 4) is 0 Å². The summed E-state index contributed by atoms with van der Waals surface area (Å²) in [6.07, 6.45) is 11.1. The van der Waals surface area contributed by atoms with E-state index in [2.05, 4.69) is 119 Å². The Morgan fingerprint density at radius 3 is 2.67 bits per heavy atom. The second-order valence-electron chi connectivity index (χ2n) is 13.0. The van der Waals surface area contributed by atoms with Crippen molar-refractivity contribution in [3.63, 3.8) is 0 Å². The lowest BCUT2D eigenvalue weighted by Crippen LogP contribution is -2.31. The van der Waals surface area contributed by atoms with E-state index in [-0.39, 0.29) is 23.8 Å². The van der Waals surface area contributed by atoms with Gasteiger partial charge >= 0.3 is 0 Å². The molecule has 0 aromatic heterocycles. The summed E-state index contributed by atoms with van der Waals surface area (Å²) in [6, 6.07) is 17.1. The summed E-state index contributed by atoms with van der Waals surface area (Å²) in [7, 11) is 0. The number of hydrogen-bond acceptors (Lipinski definition) is 8. The van der Waals surface area contributed by atoms with E-state index in [0.29, 0.717) is 50.5 Å². The number of ketones is 1. The summed E-state index contributed by atoms with van der Waals surface area (Å²) >= 11 is 7.19. The van der Waals surface area contributed by atoms with Crippen LogP contribution in [0.3, 0.4) is 0 Å². The number of hydrogen-bond donors (Lipinski definition) is 2. The number of carbonyl (C=O) groups is 1. The summed E-state index contributed by atoms with van der Waals surface area (Å²) < 4.78 is 14.9. The van der Waals surface area contributed by atoms with E-state index >= 15 is 0 Å². The van der Waals surface area contributed by atoms with Gasteiger partial charge in [0.25, 0.3) is 0 Å². The first-order valence-electron chi connectivity index (χ1n) is 16.8. The monoisotopic (exact) mass is 762 g/mol. The number of halogens is 1. The lowest BCUT2D eigenvalue weighted by atomic mass is 9.81. The number of aliphatic hydroxyl groups is 1. The van der Waals surface area contributed by atoms with Crippen LogP contribution in [0.4, 0.5) is 5.69 Å². The molecule has 49 heavy (non-hydrogen) atoms. The van der Waals surface area contributed by atoms with E-state index in [1.165, 1.54) is 16.7 Å². The first-order valence-corrected chi connectivity index (χ1v) is 19.5. The number of rotatable bonds is 15. The van der Waals surface area contributed by atoms with Gasteiger partial charge in [-0.3, -0.25) is 4.79 Å². The molecular formula is C39H45BrN3O4S2+. The van der Waals surface area contributed by atoms with Gasteiger partial charge in [-0.05, 0) is 54.6 Å². The molecule has 2 aliphatic heterocycles. The summed E-state index contributed by atoms with van der Waals surface area (Å²) in [4.78, 5) is 17.6. The van der Waals surface area contributed by atoms with Crippen LogP contribution >= 0.6 is 39.5 Å². The Morgan fingerprint density at radius 1 is 1.10 bits per heavy atom. The number of benzene rings is 2. The molecule has 2 atom stereocenters. The van der Waals surface area contributed by atoms with E-state index < -0.39 is 0 Å². The molecule has 0 bridgehead atoms. The standard InChI is InChI=1S/C39H45BrN3O4S2/c1-26-9-11-33-34(21-26)49-36(43(33)25-27-7-5-4-6-8-27)24-30-37(45)29(38(30)48-20-19-46-16-13-41)23-35-39(2,3)31-22-28(40)10-12-32(31)42(35)14-17-47-18-15-44/h4-12,21-24,33-34,44H,13-20,25,41H2,1-3H3/q+1. The van der Waals surface area contributed by atoms with Gasteiger partial charge in [-0.1, -0.05) is 77.8 Å². The fraction of sp³-hybridized carbons (Fsp3) is 0.385. The van der Waals surface area contributed by atoms with Crippen LogP contribution in [0.25, 0.3) is 0 Å². The smallest absolute Gasteiger partial charge is 0.237 e. The van der Waals surface area contributed by atoms with Gasteiger partial charge in [0.2, 0.25) is 5.04 Å². The molecule has 6 rings (SSSR count). The van der Waals surface area contributed by atoms with Gasteiger partial charge in [-0.2, -0.15) is 0 Å². The molecule has 2 aromatic rings. The predicted molar refractivity (Wildman–Crippen MR) is 206 cm³/mol. The zero-order chi connectivity index (χ0) is 34.5. The Bertz CT molecular complexity index is 1760. The van der Waals surface area contributed by atoms with Crippen LogP contribution in [0.2, 0.25) is 0 Å². The third-order valence-corrected chi connectivity index (χ3v) is 12.1. The van der Waals surface area contributed by atoms with Crippen molar-refractivity contribution >= 4 is 56.0 Å². The third kappa shape index (κ3) is 7.81. The lowest BCUT2D eigenvalue weighted by Gasteiger charge is -2.30. The average Bonchev–Trinajstić information content (AvgIpc) is 3.52. The van der Waals surface area contributed by atoms with Crippen molar-refractivity contribution < 1.29 is 24.0 Å². The lowest BCUT2D eigenvalue weighted by molar-refractivity contribution is -0.562. The molecule has 2 aliphatic carbocycles. The van der Waals surface area contributed by atoms with Crippen LogP contribution < -0.4 is 10.6 Å². The highest BCUT2D eigenvalue weighted by atomic mass is 79.9. The highest BCUT2D eigenvalue weighted by Crippen LogP contribution is 2.51. The number of carbonyl (C=O) groups excluding carboxylic acids is 1. The average molecular weight is 764 g/mol. The molecule has 2 aromatic carbocycles. The molecule has 258 valence electrons. The maximum Gasteiger partial charge on any atom is 0.237 e. The molecule has 0 saturated heterocycles. The molecular weight excluding hydrogens is 718 g/mol. The van der Waals surface area contributed by atoms with Crippen molar-refractivity contribution in [2.75, 3.05) is 56.8 Å². The summed E-state index contributed by atoms with van der Waals surface area (Å²) in [5, 5.41) is 10.7. The van der Waals surface area contributed by atoms with Crippen LogP contribution in [-0.4, -0.2) is 83.7 Å². The van der Waals surface area contributed by atoms with Gasteiger partial charge in [0.1, 0.15) is 0 Å². The van der Waals surface area contributed by atoms with Crippen molar-refractivity contribution in [1.82, 2.24) is 0 Å². The summed E-state index contributed by atoms with van der Waals surface area (Å²) in [6.45, 7) is 10.2. The molecule has 0 spiro atoms. The number of allylic oxidation sites excluding steroid dienone is 6. The second-order valence-corrected chi connectivity index (χ2v) is 16.2. The Kier molecular flexibility index (Phi) is 11.9. The molecule has 10 heteroatoms. The summed E-state index contributed by atoms with van der Waals surface area (Å²) in [5.41, 5.74) is 12.7. The van der Waals surface area contributed by atoms with Crippen molar-refractivity contribution in [1.29, 1.82) is 0 Å². The van der Waals surface area contributed by atoms with Crippen molar-refractivity contribution in [2.24, 2.45) is 5.73 Å². The number of nitrogens with two attached hydrogens (primary N) is 1. The van der Waals surface area contributed by atoms with E-state index in [0.717, 1.165) is 43.5 Å². The molecule has 0 radical (unpaired) electrons. The van der Waals surface area contributed by atoms with E-state index in [4.69, 9.17) is 15.2 Å². The number of nitrogens with zero attached hydrogens (tertiary/aromatic N) is 2. The second kappa shape index (κ2) is 16.1. The van der Waals surface area contributed by atoms with Crippen LogP contribution in [0.15, 0.2) is 111 Å². The zero-order valence-corrected chi connectivity index (χ0v) is 31.6. The Morgan fingerprint density at radius 2 is 1.90 bits per heavy atom. The number of thioether (sulfide) groups is 2. The molecule has 0 amide bonds. The van der Waals surface area contributed by atoms with E-state index in [1.807, 2.05) is 17.8 Å². The van der Waals surface area contributed by atoms with Gasteiger partial charge in [0.15, 0.2) is 18.4 Å². The Balaban J connectivity index is 1.40. The number of anilines is 1. The molecule has 3 N–H and O–H groups in total. The highest BCUT2D eigenvalue weighted by molar-refractivity contribution is 9.10. The minimum Gasteiger partial charge on any atom is -0.394 e. The number of aliphatic hydroxyl groups excluding tert-OH is 1. The fourth-order valence-corrected chi connectivity index (χ4v) is 9.59. The van der Waals surface area contributed by atoms with Gasteiger partial charge in [0, 0.05) is 67.8 Å². The van der Waals surface area contributed by atoms with Crippen molar-refractivity contribution in [3.05, 3.63) is 122 Å². The maximum atomic E-state index is 14.3. The number of fused-ring (bicyclic) bond motifs is 2. The number of Topliss-reactive ketones (excluding diaryl/α,β-unsaturated/α-hetero) is 1. The van der Waals surface area contributed by atoms with Crippen LogP contribution in [0.1, 0.15) is 31.9 Å². The fourth-order valence-electron chi connectivity index (χ4n) is 6.76. The summed E-state index contributed by atoms with van der Waals surface area (Å²) in [5.74, 6) is 0.779. The Hall–Kier alpha value is -2.70. The van der Waals surface area contributed by atoms with Gasteiger partial charge in [-0.25, -0.2) is 4.58 Å². The van der Waals surface area contributed by atoms with Gasteiger partial charge < -0.3 is 25.2 Å². The molecule has 7 nitrogen and oxygen atoms in total. The van der Waals surface area contributed by atoms with E-state index in [9.17, 15) is 9.90 Å². The van der Waals surface area contributed by atoms with Crippen LogP contribution in [0.5, 0.6) is 0 Å². The maximum absolute atomic E-state index is 14.3. The first kappa shape index (κ1) is 36.1. The molecule has 2 heterocycles. The SMILES string of the molecule is CC1=CC2SC(/C=C3\C(=O)C(/C=C4/N(CCOCCO)c5ccc(Br)cc5C4(C)C)=C3SCCOCCN)=[N+](Cc3ccccc3)C2C=C1. The topological polar surface area (TPSA) is 88.0 Å². The normalized spacial score (nSPS) is 22.7. The Labute approximate surface area is 306 Å². The minimum atomic E-state index is -0.350. The van der Waals surface area contributed by atoms with Gasteiger partial charge in [-0.15, -0.1) is 11.8 Å². The van der Waals surface area contributed by atoms with Crippen molar-refractivity contribution in [2.45, 2.75) is 44.0 Å². The highest BCUT2D eigenvalue weighted by Gasteiger charge is 2.45. The van der Waals surface area contributed by atoms with Crippen LogP contribution in [-0.2, 0) is 26.2 Å². The largest absolute Gasteiger partial charge is 0.394 e. The third-order valence-electron chi connectivity index (χ3n) is 9.23. The predicted octanol–water partition coefficient (Wildman–Crippen LogP) is 6.52. The zero-order valence-electron chi connectivity index (χ0n) is 28.4. The van der Waals surface area contributed by atoms with Crippen LogP contribution in [0, 0.1) is 0 Å². The molecule has 0 saturated carbocycles. The van der Waals surface area contributed by atoms with E-state index in [1.54, 1.807) is 11.8 Å². The minimum absolute atomic E-state index is 0.0163. The first-order chi connectivity index (χ1) is 23.7. The molecule has 4 aliphatic rings. The molecule has 2 unspecified atom stereocenters. The quantitative estimate of drug-likeness (QED) is 0.121.